The Morgan fingerprint density at radius 1 is 1.24 bits per heavy atom. The molecule has 1 unspecified atom stereocenters. The Morgan fingerprint density at radius 3 is 2.71 bits per heavy atom. The van der Waals surface area contributed by atoms with Crippen LogP contribution in [-0.4, -0.2) is 18.1 Å². The number of anilines is 1. The maximum Gasteiger partial charge on any atom is 0.266 e. The van der Waals surface area contributed by atoms with Gasteiger partial charge in [0, 0.05) is 21.8 Å². The molecule has 0 bridgehead atoms. The maximum absolute atomic E-state index is 12.4. The Morgan fingerprint density at radius 2 is 2.00 bits per heavy atom. The number of carbonyl (C=O) groups excluding carboxylic acids is 1. The predicted molar refractivity (Wildman–Crippen MR) is 80.8 cm³/mol. The Balaban J connectivity index is 2.30. The van der Waals surface area contributed by atoms with Gasteiger partial charge in [0.1, 0.15) is 5.75 Å². The van der Waals surface area contributed by atoms with Crippen molar-refractivity contribution in [1.82, 2.24) is 0 Å². The van der Waals surface area contributed by atoms with E-state index in [1.165, 1.54) is 7.11 Å². The summed E-state index contributed by atoms with van der Waals surface area (Å²) in [5.41, 5.74) is 0.423. The quantitative estimate of drug-likeness (QED) is 0.897. The number of aliphatic hydroxyl groups is 1. The van der Waals surface area contributed by atoms with Crippen molar-refractivity contribution < 1.29 is 14.6 Å². The number of fused-ring (bicyclic) bond motifs is 1. The highest BCUT2D eigenvalue weighted by Crippen LogP contribution is 2.45. The van der Waals surface area contributed by atoms with Crippen LogP contribution in [0.5, 0.6) is 5.75 Å². The second-order valence-corrected chi connectivity index (χ2v) is 5.45. The van der Waals surface area contributed by atoms with Crippen molar-refractivity contribution in [3.05, 3.63) is 58.1 Å². The summed E-state index contributed by atoms with van der Waals surface area (Å²) >= 11 is 6.01. The van der Waals surface area contributed by atoms with Crippen LogP contribution < -0.4 is 10.1 Å². The third-order valence-corrected chi connectivity index (χ3v) is 3.99. The molecular formula is C16H14ClNO3. The smallest absolute Gasteiger partial charge is 0.266 e. The minimum atomic E-state index is -1.81. The maximum atomic E-state index is 12.4. The summed E-state index contributed by atoms with van der Waals surface area (Å²) < 4.78 is 5.37. The Hall–Kier alpha value is -2.04. The number of rotatable bonds is 2. The molecule has 5 heteroatoms. The molecular weight excluding hydrogens is 290 g/mol. The van der Waals surface area contributed by atoms with Gasteiger partial charge in [-0.3, -0.25) is 4.79 Å². The van der Waals surface area contributed by atoms with Crippen LogP contribution in [0.4, 0.5) is 5.69 Å². The molecule has 108 valence electrons. The average Bonchev–Trinajstić information content (AvgIpc) is 2.71. The first-order valence-electron chi connectivity index (χ1n) is 6.46. The number of nitrogens with one attached hydrogen (secondary N) is 1. The monoisotopic (exact) mass is 303 g/mol. The molecule has 1 aliphatic heterocycles. The van der Waals surface area contributed by atoms with Gasteiger partial charge in [0.2, 0.25) is 0 Å². The zero-order chi connectivity index (χ0) is 15.2. The number of hydrogen-bond acceptors (Lipinski definition) is 3. The molecule has 0 aliphatic carbocycles. The van der Waals surface area contributed by atoms with E-state index in [-0.39, 0.29) is 0 Å². The summed E-state index contributed by atoms with van der Waals surface area (Å²) in [6.07, 6.45) is 0. The fourth-order valence-corrected chi connectivity index (χ4v) is 2.91. The number of halogens is 1. The van der Waals surface area contributed by atoms with Crippen molar-refractivity contribution in [2.45, 2.75) is 12.5 Å². The SMILES string of the molecule is COc1c(C)cccc1C1(O)C(=O)Nc2ccc(Cl)cc21. The molecule has 0 fully saturated rings. The number of aryl methyl sites for hydroxylation is 1. The lowest BCUT2D eigenvalue weighted by molar-refractivity contribution is -0.129. The van der Waals surface area contributed by atoms with Crippen LogP contribution >= 0.6 is 11.6 Å². The molecule has 0 saturated carbocycles. The number of amides is 1. The minimum absolute atomic E-state index is 0.406. The molecule has 1 atom stereocenters. The van der Waals surface area contributed by atoms with Crippen molar-refractivity contribution in [3.63, 3.8) is 0 Å². The number of para-hydroxylation sites is 1. The second-order valence-electron chi connectivity index (χ2n) is 5.01. The van der Waals surface area contributed by atoms with Crippen LogP contribution in [0.15, 0.2) is 36.4 Å². The molecule has 0 radical (unpaired) electrons. The van der Waals surface area contributed by atoms with Crippen LogP contribution in [0.3, 0.4) is 0 Å². The number of carbonyl (C=O) groups is 1. The van der Waals surface area contributed by atoms with Crippen LogP contribution in [0.1, 0.15) is 16.7 Å². The van der Waals surface area contributed by atoms with E-state index in [4.69, 9.17) is 16.3 Å². The molecule has 21 heavy (non-hydrogen) atoms. The minimum Gasteiger partial charge on any atom is -0.496 e. The van der Waals surface area contributed by atoms with Gasteiger partial charge in [0.25, 0.3) is 5.91 Å². The lowest BCUT2D eigenvalue weighted by atomic mass is 9.86. The first-order valence-corrected chi connectivity index (χ1v) is 6.84. The summed E-state index contributed by atoms with van der Waals surface area (Å²) in [6.45, 7) is 1.86. The van der Waals surface area contributed by atoms with Gasteiger partial charge < -0.3 is 15.2 Å². The third-order valence-electron chi connectivity index (χ3n) is 3.75. The summed E-state index contributed by atoms with van der Waals surface area (Å²) in [5, 5.41) is 14.2. The molecule has 1 amide bonds. The van der Waals surface area contributed by atoms with Crippen LogP contribution in [0.25, 0.3) is 0 Å². The topological polar surface area (TPSA) is 58.6 Å². The number of ether oxygens (including phenoxy) is 1. The van der Waals surface area contributed by atoms with Gasteiger partial charge in [-0.05, 0) is 30.7 Å². The van der Waals surface area contributed by atoms with Crippen molar-refractivity contribution in [1.29, 1.82) is 0 Å². The van der Waals surface area contributed by atoms with Crippen molar-refractivity contribution in [2.75, 3.05) is 12.4 Å². The standard InChI is InChI=1S/C16H14ClNO3/c1-9-4-3-5-11(14(9)21-2)16(20)12-8-10(17)6-7-13(12)18-15(16)19/h3-8,20H,1-2H3,(H,18,19). The van der Waals surface area contributed by atoms with Gasteiger partial charge in [-0.2, -0.15) is 0 Å². The fraction of sp³-hybridized carbons (Fsp3) is 0.188. The summed E-state index contributed by atoms with van der Waals surface area (Å²) in [4.78, 5) is 12.4. The molecule has 2 aromatic rings. The zero-order valence-electron chi connectivity index (χ0n) is 11.6. The van der Waals surface area contributed by atoms with Crippen molar-refractivity contribution in [2.24, 2.45) is 0 Å². The van der Waals surface area contributed by atoms with E-state index in [1.54, 1.807) is 30.3 Å². The van der Waals surface area contributed by atoms with E-state index in [1.807, 2.05) is 13.0 Å². The van der Waals surface area contributed by atoms with Crippen LogP contribution in [0.2, 0.25) is 5.02 Å². The van der Waals surface area contributed by atoms with Crippen molar-refractivity contribution >= 4 is 23.2 Å². The molecule has 0 spiro atoms. The largest absolute Gasteiger partial charge is 0.496 e. The van der Waals surface area contributed by atoms with E-state index in [0.29, 0.717) is 27.6 Å². The molecule has 4 nitrogen and oxygen atoms in total. The summed E-state index contributed by atoms with van der Waals surface area (Å²) in [7, 11) is 1.51. The lowest BCUT2D eigenvalue weighted by Gasteiger charge is -2.24. The lowest BCUT2D eigenvalue weighted by Crippen LogP contribution is -2.35. The predicted octanol–water partition coefficient (Wildman–Crippen LogP) is 2.85. The zero-order valence-corrected chi connectivity index (χ0v) is 12.4. The first-order chi connectivity index (χ1) is 9.98. The molecule has 1 heterocycles. The van der Waals surface area contributed by atoms with E-state index in [0.717, 1.165) is 5.56 Å². The Labute approximate surface area is 127 Å². The third kappa shape index (κ3) is 1.91. The van der Waals surface area contributed by atoms with Gasteiger partial charge in [-0.1, -0.05) is 29.8 Å². The molecule has 1 aliphatic rings. The highest BCUT2D eigenvalue weighted by atomic mass is 35.5. The number of methoxy groups -OCH3 is 1. The van der Waals surface area contributed by atoms with E-state index in [9.17, 15) is 9.90 Å². The molecule has 0 aromatic heterocycles. The van der Waals surface area contributed by atoms with Gasteiger partial charge >= 0.3 is 0 Å². The van der Waals surface area contributed by atoms with Gasteiger partial charge in [0.05, 0.1) is 7.11 Å². The molecule has 2 N–H and O–H groups in total. The summed E-state index contributed by atoms with van der Waals surface area (Å²) in [6, 6.07) is 10.3. The first kappa shape index (κ1) is 13.9. The van der Waals surface area contributed by atoms with Gasteiger partial charge in [-0.25, -0.2) is 0 Å². The molecule has 2 aromatic carbocycles. The fourth-order valence-electron chi connectivity index (χ4n) is 2.74. The Bertz CT molecular complexity index is 744. The highest BCUT2D eigenvalue weighted by Gasteiger charge is 2.48. The van der Waals surface area contributed by atoms with E-state index < -0.39 is 11.5 Å². The molecule has 3 rings (SSSR count). The normalized spacial score (nSPS) is 20.1. The van der Waals surface area contributed by atoms with Crippen LogP contribution in [0, 0.1) is 6.92 Å². The highest BCUT2D eigenvalue weighted by molar-refractivity contribution is 6.31. The molecule has 0 saturated heterocycles. The second kappa shape index (κ2) is 4.76. The van der Waals surface area contributed by atoms with E-state index >= 15 is 0 Å². The van der Waals surface area contributed by atoms with E-state index in [2.05, 4.69) is 5.32 Å². The van der Waals surface area contributed by atoms with Crippen molar-refractivity contribution in [3.8, 4) is 5.75 Å². The van der Waals surface area contributed by atoms with Crippen LogP contribution in [-0.2, 0) is 10.4 Å². The van der Waals surface area contributed by atoms with Gasteiger partial charge in [0.15, 0.2) is 5.60 Å². The Kier molecular flexibility index (Phi) is 3.15. The van der Waals surface area contributed by atoms with Gasteiger partial charge in [-0.15, -0.1) is 0 Å². The number of benzene rings is 2. The summed E-state index contributed by atoms with van der Waals surface area (Å²) in [5.74, 6) is -0.0216. The average molecular weight is 304 g/mol. The number of hydrogen-bond donors (Lipinski definition) is 2.